The Balaban J connectivity index is 1.64. The first-order valence-electron chi connectivity index (χ1n) is 14.7. The standard InChI is InChI=1S/C40H16N2/c1-5-17-18-6-2-8-20-22-10-4-12-24-26-14-16-42-40-32(26)38-36(30(22)24)34(28(18)20)33-27(17)19(7-1)21-9-3-11-23-25-13-15-41-39(40)31(25)37(38)35(33)29(21)23/h1-16H. The number of hydrogen-bond acceptors (Lipinski definition) is 2. The van der Waals surface area contributed by atoms with Gasteiger partial charge in [0.1, 0.15) is 0 Å². The summed E-state index contributed by atoms with van der Waals surface area (Å²) < 4.78 is 0. The molecular formula is C40H16N2. The maximum absolute atomic E-state index is 5.07. The number of rotatable bonds is 0. The number of fused-ring (bicyclic) bond motifs is 6. The lowest BCUT2D eigenvalue weighted by Gasteiger charge is -2.28. The summed E-state index contributed by atoms with van der Waals surface area (Å²) >= 11 is 0. The number of nitrogens with zero attached hydrogens (tertiary/aromatic N) is 2. The van der Waals surface area contributed by atoms with Gasteiger partial charge in [0.2, 0.25) is 0 Å². The fraction of sp³-hybridized carbons (Fsp3) is 0. The van der Waals surface area contributed by atoms with Crippen LogP contribution in [-0.2, 0) is 0 Å². The molecule has 0 bridgehead atoms. The molecule has 186 valence electrons. The zero-order valence-corrected chi connectivity index (χ0v) is 22.1. The third-order valence-corrected chi connectivity index (χ3v) is 10.8. The van der Waals surface area contributed by atoms with Crippen molar-refractivity contribution >= 4 is 130 Å². The Hall–Kier alpha value is -5.60. The van der Waals surface area contributed by atoms with Gasteiger partial charge < -0.3 is 0 Å². The van der Waals surface area contributed by atoms with Gasteiger partial charge in [0.05, 0.1) is 11.0 Å². The molecule has 0 aliphatic rings. The molecule has 0 saturated heterocycles. The Morgan fingerprint density at radius 1 is 0.238 bits per heavy atom. The lowest BCUT2D eigenvalue weighted by Crippen LogP contribution is -2.01. The molecule has 0 spiro atoms. The van der Waals surface area contributed by atoms with Gasteiger partial charge in [-0.1, -0.05) is 72.8 Å². The minimum Gasteiger partial charge on any atom is -0.254 e. The fourth-order valence-corrected chi connectivity index (χ4v) is 9.57. The normalized spacial score (nSPS) is 13.7. The summed E-state index contributed by atoms with van der Waals surface area (Å²) in [7, 11) is 0. The molecule has 0 radical (unpaired) electrons. The van der Waals surface area contributed by atoms with Crippen LogP contribution in [0.4, 0.5) is 0 Å². The molecule has 0 saturated carbocycles. The fourth-order valence-electron chi connectivity index (χ4n) is 9.57. The molecule has 13 aromatic rings. The van der Waals surface area contributed by atoms with Crippen LogP contribution in [0.3, 0.4) is 0 Å². The highest BCUT2D eigenvalue weighted by Crippen LogP contribution is 2.59. The van der Waals surface area contributed by atoms with Gasteiger partial charge in [-0.3, -0.25) is 9.97 Å². The number of aromatic nitrogens is 2. The molecule has 0 amide bonds. The summed E-state index contributed by atoms with van der Waals surface area (Å²) in [5, 5.41) is 29.7. The second-order valence-corrected chi connectivity index (χ2v) is 12.3. The van der Waals surface area contributed by atoms with E-state index in [1.165, 1.54) is 118 Å². The van der Waals surface area contributed by atoms with Crippen molar-refractivity contribution in [2.75, 3.05) is 0 Å². The van der Waals surface area contributed by atoms with Gasteiger partial charge in [-0.15, -0.1) is 0 Å². The monoisotopic (exact) mass is 524 g/mol. The highest BCUT2D eigenvalue weighted by atomic mass is 14.7. The van der Waals surface area contributed by atoms with E-state index in [4.69, 9.17) is 9.97 Å². The van der Waals surface area contributed by atoms with Crippen LogP contribution in [0.1, 0.15) is 0 Å². The van der Waals surface area contributed by atoms with Crippen molar-refractivity contribution in [2.45, 2.75) is 0 Å². The van der Waals surface area contributed by atoms with Crippen LogP contribution in [0.2, 0.25) is 0 Å². The summed E-state index contributed by atoms with van der Waals surface area (Å²) in [5.74, 6) is 0. The Morgan fingerprint density at radius 2 is 0.476 bits per heavy atom. The number of hydrogen-bond donors (Lipinski definition) is 0. The molecule has 0 aliphatic carbocycles. The van der Waals surface area contributed by atoms with Gasteiger partial charge in [0.15, 0.2) is 0 Å². The van der Waals surface area contributed by atoms with Gasteiger partial charge >= 0.3 is 0 Å². The average molecular weight is 525 g/mol. The average Bonchev–Trinajstić information content (AvgIpc) is 3.06. The molecule has 0 aliphatic heterocycles. The summed E-state index contributed by atoms with van der Waals surface area (Å²) in [4.78, 5) is 10.1. The Bertz CT molecular complexity index is 2530. The highest BCUT2D eigenvalue weighted by molar-refractivity contribution is 6.60. The summed E-state index contributed by atoms with van der Waals surface area (Å²) in [6.07, 6.45) is 3.97. The van der Waals surface area contributed by atoms with Crippen LogP contribution in [0.15, 0.2) is 97.3 Å². The zero-order chi connectivity index (χ0) is 26.6. The minimum atomic E-state index is 1.02. The van der Waals surface area contributed by atoms with Crippen LogP contribution in [-0.4, -0.2) is 9.97 Å². The summed E-state index contributed by atoms with van der Waals surface area (Å²) in [6, 6.07) is 32.1. The summed E-state index contributed by atoms with van der Waals surface area (Å²) in [6.45, 7) is 0. The van der Waals surface area contributed by atoms with Crippen LogP contribution in [0.25, 0.3) is 130 Å². The first kappa shape index (κ1) is 19.5. The predicted octanol–water partition coefficient (Wildman–Crippen LogP) is 10.9. The van der Waals surface area contributed by atoms with Gasteiger partial charge in [-0.2, -0.15) is 0 Å². The second-order valence-electron chi connectivity index (χ2n) is 12.3. The van der Waals surface area contributed by atoms with Crippen molar-refractivity contribution < 1.29 is 0 Å². The Kier molecular flexibility index (Phi) is 2.73. The molecule has 0 fully saturated rings. The van der Waals surface area contributed by atoms with E-state index < -0.39 is 0 Å². The zero-order valence-electron chi connectivity index (χ0n) is 22.1. The number of benzene rings is 11. The first-order chi connectivity index (χ1) is 20.9. The van der Waals surface area contributed by atoms with Crippen molar-refractivity contribution in [3.8, 4) is 0 Å². The lowest BCUT2D eigenvalue weighted by atomic mass is 9.74. The maximum atomic E-state index is 5.07. The molecule has 42 heavy (non-hydrogen) atoms. The van der Waals surface area contributed by atoms with Gasteiger partial charge in [-0.25, -0.2) is 0 Å². The SMILES string of the molecule is c1cc2c3cccc4c5cccc6c7ccnc8c9nccc%10c%11cccc%12c(c1)c2c1c(c34)c(c56)c(c78)c(c%109)c1c%12%11. The van der Waals surface area contributed by atoms with E-state index in [2.05, 4.69) is 84.9 Å². The molecule has 0 unspecified atom stereocenters. The largest absolute Gasteiger partial charge is 0.254 e. The smallest absolute Gasteiger partial charge is 0.0977 e. The van der Waals surface area contributed by atoms with E-state index in [0.717, 1.165) is 11.0 Å². The number of pyridine rings is 2. The third kappa shape index (κ3) is 1.70. The van der Waals surface area contributed by atoms with E-state index in [0.29, 0.717) is 0 Å². The van der Waals surface area contributed by atoms with E-state index >= 15 is 0 Å². The van der Waals surface area contributed by atoms with Crippen molar-refractivity contribution in [2.24, 2.45) is 0 Å². The van der Waals surface area contributed by atoms with Gasteiger partial charge in [0, 0.05) is 44.7 Å². The minimum absolute atomic E-state index is 1.02. The van der Waals surface area contributed by atoms with E-state index in [9.17, 15) is 0 Å². The van der Waals surface area contributed by atoms with Gasteiger partial charge in [-0.05, 0) is 98.3 Å². The quantitative estimate of drug-likeness (QED) is 0.146. The molecule has 11 aromatic carbocycles. The van der Waals surface area contributed by atoms with Crippen LogP contribution >= 0.6 is 0 Å². The molecule has 2 heteroatoms. The highest BCUT2D eigenvalue weighted by Gasteiger charge is 2.31. The third-order valence-electron chi connectivity index (χ3n) is 10.8. The second kappa shape index (κ2) is 5.88. The predicted molar refractivity (Wildman–Crippen MR) is 179 cm³/mol. The Morgan fingerprint density at radius 3 is 0.762 bits per heavy atom. The van der Waals surface area contributed by atoms with Crippen molar-refractivity contribution in [3.05, 3.63) is 97.3 Å². The lowest BCUT2D eigenvalue weighted by molar-refractivity contribution is 1.39. The molecule has 0 N–H and O–H groups in total. The molecule has 0 atom stereocenters. The topological polar surface area (TPSA) is 25.8 Å². The van der Waals surface area contributed by atoms with Crippen LogP contribution < -0.4 is 0 Å². The first-order valence-corrected chi connectivity index (χ1v) is 14.7. The maximum Gasteiger partial charge on any atom is 0.0977 e. The molecule has 2 nitrogen and oxygen atoms in total. The van der Waals surface area contributed by atoms with Crippen LogP contribution in [0.5, 0.6) is 0 Å². The molecule has 2 heterocycles. The van der Waals surface area contributed by atoms with Crippen molar-refractivity contribution in [1.29, 1.82) is 0 Å². The van der Waals surface area contributed by atoms with Gasteiger partial charge in [0.25, 0.3) is 0 Å². The van der Waals surface area contributed by atoms with Crippen molar-refractivity contribution in [3.63, 3.8) is 0 Å². The van der Waals surface area contributed by atoms with Crippen molar-refractivity contribution in [1.82, 2.24) is 9.97 Å². The van der Waals surface area contributed by atoms with E-state index in [-0.39, 0.29) is 0 Å². The van der Waals surface area contributed by atoms with Crippen LogP contribution in [0, 0.1) is 0 Å². The van der Waals surface area contributed by atoms with E-state index in [1.54, 1.807) is 0 Å². The Labute approximate surface area is 236 Å². The molecule has 13 rings (SSSR count). The summed E-state index contributed by atoms with van der Waals surface area (Å²) in [5.41, 5.74) is 2.03. The molecular weight excluding hydrogens is 508 g/mol. The molecule has 2 aromatic heterocycles. The van der Waals surface area contributed by atoms with E-state index in [1.807, 2.05) is 12.4 Å².